The van der Waals surface area contributed by atoms with E-state index in [1.54, 1.807) is 7.11 Å². The molecular weight excluding hydrogens is 378 g/mol. The summed E-state index contributed by atoms with van der Waals surface area (Å²) >= 11 is 0. The van der Waals surface area contributed by atoms with Crippen LogP contribution in [0.3, 0.4) is 0 Å². The Labute approximate surface area is 178 Å². The van der Waals surface area contributed by atoms with Crippen molar-refractivity contribution >= 4 is 28.8 Å². The molecule has 158 valence electrons. The van der Waals surface area contributed by atoms with Crippen LogP contribution in [-0.4, -0.2) is 51.1 Å². The van der Waals surface area contributed by atoms with Gasteiger partial charge in [-0.1, -0.05) is 23.8 Å². The smallest absolute Gasteiger partial charge is 0.278 e. The molecule has 1 N–H and O–H groups in total. The molecule has 6 nitrogen and oxygen atoms in total. The van der Waals surface area contributed by atoms with Crippen molar-refractivity contribution in [1.29, 1.82) is 0 Å². The molecule has 0 saturated carbocycles. The second-order valence-corrected chi connectivity index (χ2v) is 7.74. The summed E-state index contributed by atoms with van der Waals surface area (Å²) in [5.41, 5.74) is 5.41. The Kier molecular flexibility index (Phi) is 6.57. The molecule has 3 rings (SSSR count). The van der Waals surface area contributed by atoms with Gasteiger partial charge in [0.25, 0.3) is 11.8 Å². The monoisotopic (exact) mass is 407 g/mol. The second-order valence-electron chi connectivity index (χ2n) is 7.74. The van der Waals surface area contributed by atoms with Crippen LogP contribution in [0.2, 0.25) is 0 Å². The highest BCUT2D eigenvalue weighted by Crippen LogP contribution is 2.33. The number of hydrogen-bond acceptors (Lipinski definition) is 5. The first-order chi connectivity index (χ1) is 14.3. The van der Waals surface area contributed by atoms with Gasteiger partial charge in [-0.15, -0.1) is 0 Å². The van der Waals surface area contributed by atoms with Gasteiger partial charge in [-0.2, -0.15) is 0 Å². The van der Waals surface area contributed by atoms with Gasteiger partial charge in [0, 0.05) is 45.7 Å². The average Bonchev–Trinajstić information content (AvgIpc) is 2.93. The van der Waals surface area contributed by atoms with Crippen molar-refractivity contribution in [3.05, 3.63) is 64.9 Å². The predicted molar refractivity (Wildman–Crippen MR) is 120 cm³/mol. The average molecular weight is 408 g/mol. The van der Waals surface area contributed by atoms with Gasteiger partial charge < -0.3 is 15.0 Å². The third kappa shape index (κ3) is 4.39. The minimum Gasteiger partial charge on any atom is -0.385 e. The molecule has 30 heavy (non-hydrogen) atoms. The van der Waals surface area contributed by atoms with Crippen LogP contribution in [0.5, 0.6) is 0 Å². The zero-order valence-electron chi connectivity index (χ0n) is 18.3. The molecule has 0 spiro atoms. The van der Waals surface area contributed by atoms with E-state index in [-0.39, 0.29) is 11.8 Å². The number of anilines is 2. The number of carbonyl (C=O) groups excluding carboxylic acids is 2. The van der Waals surface area contributed by atoms with Crippen LogP contribution in [0, 0.1) is 13.8 Å². The summed E-state index contributed by atoms with van der Waals surface area (Å²) in [7, 11) is 5.55. The van der Waals surface area contributed by atoms with Crippen molar-refractivity contribution in [1.82, 2.24) is 4.90 Å². The summed E-state index contributed by atoms with van der Waals surface area (Å²) in [6.45, 7) is 4.79. The van der Waals surface area contributed by atoms with Gasteiger partial charge in [0.05, 0.1) is 5.57 Å². The quantitative estimate of drug-likeness (QED) is 0.535. The van der Waals surface area contributed by atoms with Crippen molar-refractivity contribution in [2.24, 2.45) is 0 Å². The van der Waals surface area contributed by atoms with Crippen molar-refractivity contribution in [2.45, 2.75) is 20.3 Å². The number of aryl methyl sites for hydroxylation is 2. The Balaban J connectivity index is 2.00. The van der Waals surface area contributed by atoms with Crippen LogP contribution in [-0.2, 0) is 14.3 Å². The molecule has 2 aromatic rings. The number of nitrogens with zero attached hydrogens (tertiary/aromatic N) is 2. The van der Waals surface area contributed by atoms with Crippen LogP contribution in [0.15, 0.2) is 48.2 Å². The molecule has 2 amide bonds. The summed E-state index contributed by atoms with van der Waals surface area (Å²) in [6.07, 6.45) is 0.596. The Morgan fingerprint density at radius 3 is 2.30 bits per heavy atom. The number of carbonyl (C=O) groups is 2. The molecule has 0 unspecified atom stereocenters. The van der Waals surface area contributed by atoms with Gasteiger partial charge in [0.15, 0.2) is 0 Å². The van der Waals surface area contributed by atoms with E-state index in [1.165, 1.54) is 4.90 Å². The van der Waals surface area contributed by atoms with Gasteiger partial charge in [-0.3, -0.25) is 14.5 Å². The highest BCUT2D eigenvalue weighted by Gasteiger charge is 2.39. The minimum absolute atomic E-state index is 0.268. The Hall–Kier alpha value is -3.12. The van der Waals surface area contributed by atoms with Gasteiger partial charge in [0.1, 0.15) is 5.70 Å². The van der Waals surface area contributed by atoms with E-state index in [1.807, 2.05) is 75.3 Å². The highest BCUT2D eigenvalue weighted by molar-refractivity contribution is 6.36. The fourth-order valence-corrected chi connectivity index (χ4v) is 3.59. The third-order valence-electron chi connectivity index (χ3n) is 5.20. The SMILES string of the molecule is COCCCN1C(=O)C(Nc2ccc(N(C)C)cc2)=C(c2ccc(C)cc2C)C1=O. The van der Waals surface area contributed by atoms with Crippen LogP contribution in [0.25, 0.3) is 5.57 Å². The van der Waals surface area contributed by atoms with E-state index < -0.39 is 0 Å². The normalized spacial score (nSPS) is 14.0. The topological polar surface area (TPSA) is 61.9 Å². The maximum Gasteiger partial charge on any atom is 0.278 e. The largest absolute Gasteiger partial charge is 0.385 e. The number of rotatable bonds is 8. The molecule has 2 aromatic carbocycles. The summed E-state index contributed by atoms with van der Waals surface area (Å²) in [4.78, 5) is 29.8. The number of nitrogens with one attached hydrogen (secondary N) is 1. The summed E-state index contributed by atoms with van der Waals surface area (Å²) < 4.78 is 5.09. The van der Waals surface area contributed by atoms with E-state index in [2.05, 4.69) is 5.32 Å². The molecule has 0 atom stereocenters. The molecule has 1 aliphatic rings. The predicted octanol–water partition coefficient (Wildman–Crippen LogP) is 3.60. The molecule has 1 heterocycles. The van der Waals surface area contributed by atoms with Crippen LogP contribution in [0.4, 0.5) is 11.4 Å². The molecule has 1 aliphatic heterocycles. The first-order valence-corrected chi connectivity index (χ1v) is 10.0. The fourth-order valence-electron chi connectivity index (χ4n) is 3.59. The van der Waals surface area contributed by atoms with Crippen molar-refractivity contribution in [3.8, 4) is 0 Å². The van der Waals surface area contributed by atoms with E-state index in [0.717, 1.165) is 28.1 Å². The number of methoxy groups -OCH3 is 1. The lowest BCUT2D eigenvalue weighted by Gasteiger charge is -2.15. The van der Waals surface area contributed by atoms with E-state index in [4.69, 9.17) is 4.74 Å². The number of imide groups is 1. The number of hydrogen-bond donors (Lipinski definition) is 1. The van der Waals surface area contributed by atoms with Gasteiger partial charge >= 0.3 is 0 Å². The lowest BCUT2D eigenvalue weighted by atomic mass is 9.97. The highest BCUT2D eigenvalue weighted by atomic mass is 16.5. The Morgan fingerprint density at radius 1 is 1.00 bits per heavy atom. The maximum absolute atomic E-state index is 13.3. The Bertz CT molecular complexity index is 978. The summed E-state index contributed by atoms with van der Waals surface area (Å²) in [6, 6.07) is 13.7. The van der Waals surface area contributed by atoms with E-state index >= 15 is 0 Å². The molecule has 0 aromatic heterocycles. The maximum atomic E-state index is 13.3. The molecule has 0 bridgehead atoms. The van der Waals surface area contributed by atoms with Crippen molar-refractivity contribution < 1.29 is 14.3 Å². The molecule has 0 aliphatic carbocycles. The van der Waals surface area contributed by atoms with Gasteiger partial charge in [-0.25, -0.2) is 0 Å². The standard InChI is InChI=1S/C24H29N3O3/c1-16-7-12-20(17(2)15-16)21-22(24(29)27(23(21)28)13-6-14-30-5)25-18-8-10-19(11-9-18)26(3)4/h7-12,15,25H,6,13-14H2,1-5H3. The molecule has 0 saturated heterocycles. The van der Waals surface area contributed by atoms with E-state index in [0.29, 0.717) is 30.8 Å². The first kappa shape index (κ1) is 21.6. The zero-order chi connectivity index (χ0) is 21.8. The molecule has 6 heteroatoms. The molecule has 0 fully saturated rings. The van der Waals surface area contributed by atoms with Crippen molar-refractivity contribution in [3.63, 3.8) is 0 Å². The number of benzene rings is 2. The van der Waals surface area contributed by atoms with Gasteiger partial charge in [0.2, 0.25) is 0 Å². The van der Waals surface area contributed by atoms with Crippen LogP contribution in [0.1, 0.15) is 23.1 Å². The van der Waals surface area contributed by atoms with Crippen LogP contribution >= 0.6 is 0 Å². The second kappa shape index (κ2) is 9.13. The molecule has 0 radical (unpaired) electrons. The zero-order valence-corrected chi connectivity index (χ0v) is 18.3. The van der Waals surface area contributed by atoms with E-state index in [9.17, 15) is 9.59 Å². The number of ether oxygens (including phenoxy) is 1. The minimum atomic E-state index is -0.303. The Morgan fingerprint density at radius 2 is 1.70 bits per heavy atom. The summed E-state index contributed by atoms with van der Waals surface area (Å²) in [5.74, 6) is -0.571. The van der Waals surface area contributed by atoms with Crippen LogP contribution < -0.4 is 10.2 Å². The first-order valence-electron chi connectivity index (χ1n) is 10.0. The van der Waals surface area contributed by atoms with Crippen molar-refractivity contribution in [2.75, 3.05) is 44.6 Å². The lowest BCUT2D eigenvalue weighted by molar-refractivity contribution is -0.137. The lowest BCUT2D eigenvalue weighted by Crippen LogP contribution is -2.34. The third-order valence-corrected chi connectivity index (χ3v) is 5.20. The fraction of sp³-hybridized carbons (Fsp3) is 0.333. The number of amides is 2. The van der Waals surface area contributed by atoms with Gasteiger partial charge in [-0.05, 0) is 55.7 Å². The summed E-state index contributed by atoms with van der Waals surface area (Å²) in [5, 5.41) is 3.22. The molecular formula is C24H29N3O3.